The molecule has 0 saturated carbocycles. The lowest BCUT2D eigenvalue weighted by Crippen LogP contribution is -2.11. The Balaban J connectivity index is 2.66. The molecule has 0 atom stereocenters. The summed E-state index contributed by atoms with van der Waals surface area (Å²) in [6.07, 6.45) is 0. The summed E-state index contributed by atoms with van der Waals surface area (Å²) in [6, 6.07) is 4.08. The zero-order chi connectivity index (χ0) is 11.1. The first-order valence-electron chi connectivity index (χ1n) is 4.04. The van der Waals surface area contributed by atoms with E-state index in [1.54, 1.807) is 0 Å². The van der Waals surface area contributed by atoms with Gasteiger partial charge in [-0.1, -0.05) is 0 Å². The van der Waals surface area contributed by atoms with Crippen molar-refractivity contribution >= 4 is 21.1 Å². The van der Waals surface area contributed by atoms with Crippen LogP contribution in [0.5, 0.6) is 0 Å². The molecule has 1 aromatic heterocycles. The van der Waals surface area contributed by atoms with Crippen LogP contribution < -0.4 is 5.14 Å². The van der Waals surface area contributed by atoms with Gasteiger partial charge in [-0.25, -0.2) is 18.5 Å². The van der Waals surface area contributed by atoms with Crippen LogP contribution in [0.4, 0.5) is 0 Å². The number of sulfonamides is 1. The highest BCUT2D eigenvalue weighted by Crippen LogP contribution is 2.19. The molecule has 0 saturated heterocycles. The molecule has 0 aliphatic heterocycles. The quantitative estimate of drug-likeness (QED) is 0.750. The van der Waals surface area contributed by atoms with Crippen LogP contribution in [0.25, 0.3) is 11.1 Å². The SMILES string of the molecule is NS(=O)(=O)c1ccc2nc(CO)oc2c1. The van der Waals surface area contributed by atoms with Crippen LogP contribution in [0.15, 0.2) is 27.5 Å². The van der Waals surface area contributed by atoms with Crippen LogP contribution in [0.3, 0.4) is 0 Å². The fourth-order valence-electron chi connectivity index (χ4n) is 1.20. The van der Waals surface area contributed by atoms with E-state index in [0.29, 0.717) is 5.52 Å². The fraction of sp³-hybridized carbons (Fsp3) is 0.125. The molecule has 0 aliphatic carbocycles. The van der Waals surface area contributed by atoms with Crippen molar-refractivity contribution in [3.63, 3.8) is 0 Å². The lowest BCUT2D eigenvalue weighted by Gasteiger charge is -1.95. The summed E-state index contributed by atoms with van der Waals surface area (Å²) >= 11 is 0. The standard InChI is InChI=1S/C8H8N2O4S/c9-15(12,13)5-1-2-6-7(3-5)14-8(4-11)10-6/h1-3,11H,4H2,(H2,9,12,13). The number of hydrogen-bond donors (Lipinski definition) is 2. The van der Waals surface area contributed by atoms with Crippen LogP contribution in [0.2, 0.25) is 0 Å². The van der Waals surface area contributed by atoms with Gasteiger partial charge in [-0.3, -0.25) is 0 Å². The lowest BCUT2D eigenvalue weighted by atomic mass is 10.3. The van der Waals surface area contributed by atoms with Gasteiger partial charge in [0.25, 0.3) is 0 Å². The third-order valence-corrected chi connectivity index (χ3v) is 2.78. The van der Waals surface area contributed by atoms with E-state index < -0.39 is 10.0 Å². The molecule has 6 nitrogen and oxygen atoms in total. The molecule has 1 heterocycles. The summed E-state index contributed by atoms with van der Waals surface area (Å²) in [6.45, 7) is -0.334. The Bertz CT molecular complexity index is 602. The highest BCUT2D eigenvalue weighted by atomic mass is 32.2. The number of benzene rings is 1. The van der Waals surface area contributed by atoms with Crippen molar-refractivity contribution in [2.75, 3.05) is 0 Å². The highest BCUT2D eigenvalue weighted by Gasteiger charge is 2.11. The van der Waals surface area contributed by atoms with E-state index in [2.05, 4.69) is 4.98 Å². The first-order chi connectivity index (χ1) is 7.00. The maximum atomic E-state index is 11.0. The molecule has 0 radical (unpaired) electrons. The zero-order valence-electron chi connectivity index (χ0n) is 7.54. The molecule has 80 valence electrons. The Morgan fingerprint density at radius 3 is 2.80 bits per heavy atom. The van der Waals surface area contributed by atoms with Crippen LogP contribution in [-0.2, 0) is 16.6 Å². The molecule has 1 aromatic carbocycles. The second kappa shape index (κ2) is 3.30. The maximum Gasteiger partial charge on any atom is 0.238 e. The average Bonchev–Trinajstić information content (AvgIpc) is 2.57. The number of aliphatic hydroxyl groups is 1. The van der Waals surface area contributed by atoms with Crippen molar-refractivity contribution in [1.82, 2.24) is 4.98 Å². The van der Waals surface area contributed by atoms with Crippen molar-refractivity contribution in [2.45, 2.75) is 11.5 Å². The Hall–Kier alpha value is -1.44. The number of aliphatic hydroxyl groups excluding tert-OH is 1. The van der Waals surface area contributed by atoms with Gasteiger partial charge in [0.2, 0.25) is 15.9 Å². The number of primary sulfonamides is 1. The monoisotopic (exact) mass is 228 g/mol. The molecule has 3 N–H and O–H groups in total. The smallest absolute Gasteiger partial charge is 0.238 e. The predicted molar refractivity (Wildman–Crippen MR) is 51.3 cm³/mol. The maximum absolute atomic E-state index is 11.0. The molecule has 15 heavy (non-hydrogen) atoms. The van der Waals surface area contributed by atoms with Crippen molar-refractivity contribution < 1.29 is 17.9 Å². The van der Waals surface area contributed by atoms with E-state index in [0.717, 1.165) is 0 Å². The topological polar surface area (TPSA) is 106 Å². The van der Waals surface area contributed by atoms with E-state index in [4.69, 9.17) is 14.7 Å². The number of hydrogen-bond acceptors (Lipinski definition) is 5. The van der Waals surface area contributed by atoms with Crippen LogP contribution in [-0.4, -0.2) is 18.5 Å². The Morgan fingerprint density at radius 2 is 2.20 bits per heavy atom. The Kier molecular flexibility index (Phi) is 2.22. The van der Waals surface area contributed by atoms with Gasteiger partial charge in [0.15, 0.2) is 5.58 Å². The highest BCUT2D eigenvalue weighted by molar-refractivity contribution is 7.89. The van der Waals surface area contributed by atoms with Crippen LogP contribution in [0.1, 0.15) is 5.89 Å². The van der Waals surface area contributed by atoms with E-state index in [-0.39, 0.29) is 23.0 Å². The van der Waals surface area contributed by atoms with Crippen LogP contribution >= 0.6 is 0 Å². The third-order valence-electron chi connectivity index (χ3n) is 1.87. The first-order valence-corrected chi connectivity index (χ1v) is 5.58. The minimum atomic E-state index is -3.74. The molecule has 2 aromatic rings. The minimum Gasteiger partial charge on any atom is -0.438 e. The third kappa shape index (κ3) is 1.84. The van der Waals surface area contributed by atoms with E-state index in [1.807, 2.05) is 0 Å². The summed E-state index contributed by atoms with van der Waals surface area (Å²) in [5.74, 6) is 0.136. The Morgan fingerprint density at radius 1 is 1.47 bits per heavy atom. The largest absolute Gasteiger partial charge is 0.438 e. The minimum absolute atomic E-state index is 0.0457. The summed E-state index contributed by atoms with van der Waals surface area (Å²) in [5, 5.41) is 13.7. The van der Waals surface area contributed by atoms with Gasteiger partial charge in [0.05, 0.1) is 4.90 Å². The van der Waals surface area contributed by atoms with Gasteiger partial charge >= 0.3 is 0 Å². The number of nitrogens with two attached hydrogens (primary N) is 1. The molecule has 0 amide bonds. The number of fused-ring (bicyclic) bond motifs is 1. The van der Waals surface area contributed by atoms with Gasteiger partial charge in [-0.15, -0.1) is 0 Å². The number of oxazole rings is 1. The van der Waals surface area contributed by atoms with Crippen molar-refractivity contribution in [1.29, 1.82) is 0 Å². The molecule has 0 aliphatic rings. The van der Waals surface area contributed by atoms with Gasteiger partial charge in [-0.2, -0.15) is 0 Å². The number of rotatable bonds is 2. The summed E-state index contributed by atoms with van der Waals surface area (Å²) in [7, 11) is -3.74. The predicted octanol–water partition coefficient (Wildman–Crippen LogP) is -0.0325. The molecule has 0 unspecified atom stereocenters. The molecule has 0 bridgehead atoms. The molecular weight excluding hydrogens is 220 g/mol. The molecule has 2 rings (SSSR count). The first kappa shape index (κ1) is 10.1. The lowest BCUT2D eigenvalue weighted by molar-refractivity contribution is 0.244. The van der Waals surface area contributed by atoms with Crippen molar-refractivity contribution in [3.05, 3.63) is 24.1 Å². The zero-order valence-corrected chi connectivity index (χ0v) is 8.36. The van der Waals surface area contributed by atoms with Gasteiger partial charge in [-0.05, 0) is 12.1 Å². The molecule has 0 fully saturated rings. The molecule has 7 heteroatoms. The fourth-order valence-corrected chi connectivity index (χ4v) is 1.73. The summed E-state index contributed by atoms with van der Waals surface area (Å²) in [5.41, 5.74) is 0.761. The molecular formula is C8H8N2O4S. The normalized spacial score (nSPS) is 12.1. The average molecular weight is 228 g/mol. The summed E-state index contributed by atoms with van der Waals surface area (Å²) < 4.78 is 27.1. The van der Waals surface area contributed by atoms with E-state index in [1.165, 1.54) is 18.2 Å². The van der Waals surface area contributed by atoms with Gasteiger partial charge < -0.3 is 9.52 Å². The summed E-state index contributed by atoms with van der Waals surface area (Å²) in [4.78, 5) is 3.86. The van der Waals surface area contributed by atoms with Crippen molar-refractivity contribution in [3.8, 4) is 0 Å². The molecule has 0 spiro atoms. The van der Waals surface area contributed by atoms with Gasteiger partial charge in [0.1, 0.15) is 12.1 Å². The van der Waals surface area contributed by atoms with E-state index in [9.17, 15) is 8.42 Å². The van der Waals surface area contributed by atoms with Gasteiger partial charge in [0, 0.05) is 6.07 Å². The number of nitrogens with zero attached hydrogens (tertiary/aromatic N) is 1. The van der Waals surface area contributed by atoms with E-state index >= 15 is 0 Å². The Labute approximate surface area is 85.4 Å². The second-order valence-corrected chi connectivity index (χ2v) is 4.50. The van der Waals surface area contributed by atoms with Crippen LogP contribution in [0, 0.1) is 0 Å². The number of aromatic nitrogens is 1. The second-order valence-electron chi connectivity index (χ2n) is 2.94. The van der Waals surface area contributed by atoms with Crippen molar-refractivity contribution in [2.24, 2.45) is 5.14 Å².